The zero-order valence-corrected chi connectivity index (χ0v) is 10.2. The van der Waals surface area contributed by atoms with Gasteiger partial charge < -0.3 is 15.0 Å². The number of nitrogens with one attached hydrogen (secondary N) is 1. The predicted molar refractivity (Wildman–Crippen MR) is 65.0 cm³/mol. The van der Waals surface area contributed by atoms with E-state index in [2.05, 4.69) is 10.3 Å². The molecule has 0 bridgehead atoms. The van der Waals surface area contributed by atoms with Gasteiger partial charge in [-0.1, -0.05) is 6.07 Å². The standard InChI is InChI=1S/C12H15N3O3/c1-9-3-2-4-13-10(9)14-11(16)12(17)15-5-7-18-8-6-15/h2-4H,5-8H2,1H3,(H,13,14,16). The lowest BCUT2D eigenvalue weighted by atomic mass is 10.3. The Morgan fingerprint density at radius 2 is 2.11 bits per heavy atom. The average molecular weight is 249 g/mol. The van der Waals surface area contributed by atoms with E-state index in [0.717, 1.165) is 5.56 Å². The molecule has 2 heterocycles. The van der Waals surface area contributed by atoms with Gasteiger partial charge in [-0.05, 0) is 18.6 Å². The fourth-order valence-corrected chi connectivity index (χ4v) is 1.69. The Hall–Kier alpha value is -1.95. The van der Waals surface area contributed by atoms with Crippen molar-refractivity contribution in [3.05, 3.63) is 23.9 Å². The molecule has 0 saturated carbocycles. The summed E-state index contributed by atoms with van der Waals surface area (Å²) in [4.78, 5) is 29.1. The van der Waals surface area contributed by atoms with Crippen LogP contribution in [-0.4, -0.2) is 48.0 Å². The summed E-state index contributed by atoms with van der Waals surface area (Å²) >= 11 is 0. The Balaban J connectivity index is 1.99. The zero-order chi connectivity index (χ0) is 13.0. The molecule has 96 valence electrons. The summed E-state index contributed by atoms with van der Waals surface area (Å²) in [7, 11) is 0. The van der Waals surface area contributed by atoms with Crippen molar-refractivity contribution in [1.82, 2.24) is 9.88 Å². The Morgan fingerprint density at radius 1 is 1.39 bits per heavy atom. The number of carbonyl (C=O) groups excluding carboxylic acids is 2. The van der Waals surface area contributed by atoms with Crippen LogP contribution in [0.1, 0.15) is 5.56 Å². The number of nitrogens with zero attached hydrogens (tertiary/aromatic N) is 2. The van der Waals surface area contributed by atoms with E-state index in [1.807, 2.05) is 13.0 Å². The van der Waals surface area contributed by atoms with Crippen LogP contribution in [-0.2, 0) is 14.3 Å². The van der Waals surface area contributed by atoms with Gasteiger partial charge in [-0.3, -0.25) is 9.59 Å². The number of carbonyl (C=O) groups is 2. The first-order valence-corrected chi connectivity index (χ1v) is 5.78. The normalized spacial score (nSPS) is 15.3. The molecular formula is C12H15N3O3. The highest BCUT2D eigenvalue weighted by atomic mass is 16.5. The van der Waals surface area contributed by atoms with Crippen molar-refractivity contribution in [1.29, 1.82) is 0 Å². The Bertz CT molecular complexity index is 456. The summed E-state index contributed by atoms with van der Waals surface area (Å²) in [6, 6.07) is 3.59. The van der Waals surface area contributed by atoms with E-state index < -0.39 is 11.8 Å². The lowest BCUT2D eigenvalue weighted by Gasteiger charge is -2.26. The molecule has 1 aromatic rings. The van der Waals surface area contributed by atoms with Crippen molar-refractivity contribution in [2.24, 2.45) is 0 Å². The largest absolute Gasteiger partial charge is 0.378 e. The summed E-state index contributed by atoms with van der Waals surface area (Å²) in [6.07, 6.45) is 1.57. The second-order valence-electron chi connectivity index (χ2n) is 4.03. The van der Waals surface area contributed by atoms with Crippen molar-refractivity contribution in [3.63, 3.8) is 0 Å². The average Bonchev–Trinajstić information content (AvgIpc) is 2.41. The van der Waals surface area contributed by atoms with E-state index in [9.17, 15) is 9.59 Å². The number of hydrogen-bond acceptors (Lipinski definition) is 4. The molecule has 1 aromatic heterocycles. The van der Waals surface area contributed by atoms with Gasteiger partial charge in [0, 0.05) is 19.3 Å². The van der Waals surface area contributed by atoms with Crippen LogP contribution >= 0.6 is 0 Å². The number of morpholine rings is 1. The first-order valence-electron chi connectivity index (χ1n) is 5.78. The molecule has 0 aromatic carbocycles. The van der Waals surface area contributed by atoms with Gasteiger partial charge in [0.05, 0.1) is 13.2 Å². The lowest BCUT2D eigenvalue weighted by molar-refractivity contribution is -0.145. The monoisotopic (exact) mass is 249 g/mol. The summed E-state index contributed by atoms with van der Waals surface area (Å²) in [5.41, 5.74) is 0.820. The Morgan fingerprint density at radius 3 is 2.78 bits per heavy atom. The molecular weight excluding hydrogens is 234 g/mol. The maximum atomic E-state index is 11.8. The minimum Gasteiger partial charge on any atom is -0.378 e. The molecule has 6 nitrogen and oxygen atoms in total. The van der Waals surface area contributed by atoms with E-state index in [-0.39, 0.29) is 0 Å². The van der Waals surface area contributed by atoms with E-state index in [0.29, 0.717) is 32.1 Å². The highest BCUT2D eigenvalue weighted by molar-refractivity contribution is 6.39. The van der Waals surface area contributed by atoms with Crippen LogP contribution in [0.15, 0.2) is 18.3 Å². The Labute approximate surface area is 105 Å². The molecule has 1 aliphatic heterocycles. The highest BCUT2D eigenvalue weighted by Gasteiger charge is 2.24. The molecule has 2 rings (SSSR count). The third kappa shape index (κ3) is 2.84. The first kappa shape index (κ1) is 12.5. The maximum absolute atomic E-state index is 11.8. The number of rotatable bonds is 1. The summed E-state index contributed by atoms with van der Waals surface area (Å²) in [6.45, 7) is 3.67. The second-order valence-corrected chi connectivity index (χ2v) is 4.03. The molecule has 6 heteroatoms. The van der Waals surface area contributed by atoms with Crippen LogP contribution in [0.3, 0.4) is 0 Å². The number of hydrogen-bond donors (Lipinski definition) is 1. The number of aryl methyl sites for hydroxylation is 1. The van der Waals surface area contributed by atoms with Crippen molar-refractivity contribution in [2.45, 2.75) is 6.92 Å². The van der Waals surface area contributed by atoms with Crippen molar-refractivity contribution in [2.75, 3.05) is 31.6 Å². The van der Waals surface area contributed by atoms with Gasteiger partial charge >= 0.3 is 11.8 Å². The molecule has 18 heavy (non-hydrogen) atoms. The quantitative estimate of drug-likeness (QED) is 0.721. The Kier molecular flexibility index (Phi) is 3.88. The third-order valence-electron chi connectivity index (χ3n) is 2.73. The number of pyridine rings is 1. The minimum atomic E-state index is -0.654. The van der Waals surface area contributed by atoms with Crippen molar-refractivity contribution >= 4 is 17.6 Å². The zero-order valence-electron chi connectivity index (χ0n) is 10.2. The maximum Gasteiger partial charge on any atom is 0.315 e. The lowest BCUT2D eigenvalue weighted by Crippen LogP contribution is -2.46. The van der Waals surface area contributed by atoms with E-state index in [4.69, 9.17) is 4.74 Å². The number of anilines is 1. The molecule has 0 radical (unpaired) electrons. The summed E-state index contributed by atoms with van der Waals surface area (Å²) < 4.78 is 5.13. The molecule has 1 N–H and O–H groups in total. The van der Waals surface area contributed by atoms with Gasteiger partial charge in [0.25, 0.3) is 0 Å². The molecule has 0 unspecified atom stereocenters. The minimum absolute atomic E-state index is 0.420. The number of ether oxygens (including phenoxy) is 1. The van der Waals surface area contributed by atoms with Crippen LogP contribution in [0.25, 0.3) is 0 Å². The third-order valence-corrected chi connectivity index (χ3v) is 2.73. The molecule has 2 amide bonds. The van der Waals surface area contributed by atoms with Crippen LogP contribution in [0, 0.1) is 6.92 Å². The van der Waals surface area contributed by atoms with Crippen LogP contribution < -0.4 is 5.32 Å². The van der Waals surface area contributed by atoms with Gasteiger partial charge in [-0.2, -0.15) is 0 Å². The predicted octanol–water partition coefficient (Wildman–Crippen LogP) is 0.187. The van der Waals surface area contributed by atoms with E-state index in [1.54, 1.807) is 12.3 Å². The first-order chi connectivity index (χ1) is 8.68. The fraction of sp³-hybridized carbons (Fsp3) is 0.417. The second kappa shape index (κ2) is 5.59. The molecule has 1 saturated heterocycles. The molecule has 1 aliphatic rings. The van der Waals surface area contributed by atoms with Crippen molar-refractivity contribution in [3.8, 4) is 0 Å². The van der Waals surface area contributed by atoms with Gasteiger partial charge in [0.2, 0.25) is 0 Å². The van der Waals surface area contributed by atoms with Gasteiger partial charge in [-0.25, -0.2) is 4.98 Å². The van der Waals surface area contributed by atoms with E-state index in [1.165, 1.54) is 4.90 Å². The van der Waals surface area contributed by atoms with E-state index >= 15 is 0 Å². The summed E-state index contributed by atoms with van der Waals surface area (Å²) in [5.74, 6) is -0.772. The van der Waals surface area contributed by atoms with Crippen molar-refractivity contribution < 1.29 is 14.3 Å². The molecule has 1 fully saturated rings. The van der Waals surface area contributed by atoms with Gasteiger partial charge in [-0.15, -0.1) is 0 Å². The molecule has 0 aliphatic carbocycles. The fourth-order valence-electron chi connectivity index (χ4n) is 1.69. The van der Waals surface area contributed by atoms with Crippen LogP contribution in [0.4, 0.5) is 5.82 Å². The number of aromatic nitrogens is 1. The number of amides is 2. The van der Waals surface area contributed by atoms with Gasteiger partial charge in [0.15, 0.2) is 0 Å². The van der Waals surface area contributed by atoms with Crippen LogP contribution in [0.2, 0.25) is 0 Å². The topological polar surface area (TPSA) is 71.5 Å². The van der Waals surface area contributed by atoms with Crippen LogP contribution in [0.5, 0.6) is 0 Å². The molecule has 0 spiro atoms. The summed E-state index contributed by atoms with van der Waals surface area (Å²) in [5, 5.41) is 2.53. The SMILES string of the molecule is Cc1cccnc1NC(=O)C(=O)N1CCOCC1. The van der Waals surface area contributed by atoms with Gasteiger partial charge in [0.1, 0.15) is 5.82 Å². The highest BCUT2D eigenvalue weighted by Crippen LogP contribution is 2.09. The molecule has 0 atom stereocenters. The smallest absolute Gasteiger partial charge is 0.315 e.